The maximum atomic E-state index is 13.7. The van der Waals surface area contributed by atoms with Crippen molar-refractivity contribution >= 4 is 47.9 Å². The monoisotopic (exact) mass is 561 g/mol. The van der Waals surface area contributed by atoms with Crippen molar-refractivity contribution in [3.63, 3.8) is 0 Å². The van der Waals surface area contributed by atoms with Gasteiger partial charge in [0.2, 0.25) is 5.88 Å². The van der Waals surface area contributed by atoms with Gasteiger partial charge in [-0.15, -0.1) is 20.8 Å². The van der Waals surface area contributed by atoms with Gasteiger partial charge in [-0.25, -0.2) is 12.9 Å². The number of alkyl halides is 1. The number of sulfonamides is 1. The van der Waals surface area contributed by atoms with E-state index in [1.807, 2.05) is 6.07 Å². The number of para-hydroxylation sites is 1. The predicted molar refractivity (Wildman–Crippen MR) is 146 cm³/mol. The van der Waals surface area contributed by atoms with E-state index in [9.17, 15) is 18.5 Å². The van der Waals surface area contributed by atoms with E-state index in [1.165, 1.54) is 24.3 Å². The van der Waals surface area contributed by atoms with E-state index in [2.05, 4.69) is 19.3 Å². The highest BCUT2D eigenvalue weighted by Crippen LogP contribution is 2.33. The second-order valence-corrected chi connectivity index (χ2v) is 10.8. The Labute approximate surface area is 221 Å². The van der Waals surface area contributed by atoms with E-state index in [4.69, 9.17) is 16.3 Å². The lowest BCUT2D eigenvalue weighted by Gasteiger charge is -2.24. The van der Waals surface area contributed by atoms with Crippen LogP contribution in [0.4, 0.5) is 11.4 Å². The van der Waals surface area contributed by atoms with Crippen molar-refractivity contribution in [2.45, 2.75) is 17.7 Å². The third-order valence-corrected chi connectivity index (χ3v) is 8.06. The molecule has 4 aromatic rings. The van der Waals surface area contributed by atoms with Gasteiger partial charge in [-0.2, -0.15) is 10.1 Å². The first-order valence-electron chi connectivity index (χ1n) is 11.5. The standard InChI is InChI=1S/C24H25ClN5O5PS/c25-11-4-12-29(37(33,34)22-9-2-1-8-21(22)30(31)32)19-7-3-6-18(16-19)20-17-26-28-13-10-23(27-24(20)28)35-14-5-15-36/h1-3,6-10,13,16-17H,4-5,11-12,14-15,36H2. The van der Waals surface area contributed by atoms with E-state index < -0.39 is 20.6 Å². The van der Waals surface area contributed by atoms with E-state index in [-0.39, 0.29) is 17.3 Å². The fourth-order valence-corrected chi connectivity index (χ4v) is 5.70. The lowest BCUT2D eigenvalue weighted by Crippen LogP contribution is -2.32. The number of rotatable bonds is 12. The molecule has 0 saturated carbocycles. The molecular formula is C24H25ClN5O5PS. The summed E-state index contributed by atoms with van der Waals surface area (Å²) in [7, 11) is -1.62. The molecule has 2 aromatic carbocycles. The van der Waals surface area contributed by atoms with E-state index in [0.717, 1.165) is 16.9 Å². The van der Waals surface area contributed by atoms with Gasteiger partial charge >= 0.3 is 0 Å². The number of nitrogens with zero attached hydrogens (tertiary/aromatic N) is 5. The molecule has 0 radical (unpaired) electrons. The number of hydrogen-bond donors (Lipinski definition) is 0. The maximum absolute atomic E-state index is 13.7. The van der Waals surface area contributed by atoms with Gasteiger partial charge in [-0.3, -0.25) is 14.4 Å². The quantitative estimate of drug-likeness (QED) is 0.0803. The van der Waals surface area contributed by atoms with Crippen LogP contribution in [0.1, 0.15) is 12.8 Å². The number of nitro benzene ring substituents is 1. The Morgan fingerprint density at radius 2 is 1.95 bits per heavy atom. The molecule has 194 valence electrons. The minimum atomic E-state index is -4.27. The highest BCUT2D eigenvalue weighted by molar-refractivity contribution is 7.93. The van der Waals surface area contributed by atoms with Crippen LogP contribution in [0, 0.1) is 10.1 Å². The third-order valence-electron chi connectivity index (χ3n) is 5.51. The van der Waals surface area contributed by atoms with E-state index >= 15 is 0 Å². The molecule has 0 bridgehead atoms. The van der Waals surface area contributed by atoms with Crippen LogP contribution in [0.15, 0.2) is 71.9 Å². The SMILES string of the molecule is O=[N+]([O-])c1ccccc1S(=O)(=O)N(CCCCl)c1cccc(-c2cnn3ccc(OCCCP)nc23)c1. The third kappa shape index (κ3) is 5.84. The second-order valence-electron chi connectivity index (χ2n) is 7.98. The van der Waals surface area contributed by atoms with Crippen LogP contribution < -0.4 is 9.04 Å². The van der Waals surface area contributed by atoms with E-state index in [1.54, 1.807) is 41.2 Å². The van der Waals surface area contributed by atoms with Gasteiger partial charge in [0, 0.05) is 36.3 Å². The Bertz CT molecular complexity index is 1510. The van der Waals surface area contributed by atoms with E-state index in [0.29, 0.717) is 41.4 Å². The van der Waals surface area contributed by atoms with Crippen molar-refractivity contribution in [1.29, 1.82) is 0 Å². The number of anilines is 1. The zero-order valence-corrected chi connectivity index (χ0v) is 22.5. The Kier molecular flexibility index (Phi) is 8.58. The average molecular weight is 562 g/mol. The Hall–Kier alpha value is -3.27. The van der Waals surface area contributed by atoms with Crippen molar-refractivity contribution < 1.29 is 18.1 Å². The Morgan fingerprint density at radius 1 is 1.14 bits per heavy atom. The molecule has 1 unspecified atom stereocenters. The van der Waals surface area contributed by atoms with Crippen LogP contribution >= 0.6 is 20.8 Å². The number of hydrogen-bond acceptors (Lipinski definition) is 7. The molecule has 37 heavy (non-hydrogen) atoms. The summed E-state index contributed by atoms with van der Waals surface area (Å²) in [6.07, 6.45) is 5.53. The molecule has 0 amide bonds. The number of ether oxygens (including phenoxy) is 1. The molecule has 4 rings (SSSR count). The van der Waals surface area contributed by atoms with Crippen molar-refractivity contribution in [1.82, 2.24) is 14.6 Å². The summed E-state index contributed by atoms with van der Waals surface area (Å²) in [6, 6.07) is 13.9. The number of nitro groups is 1. The summed E-state index contributed by atoms with van der Waals surface area (Å²) in [4.78, 5) is 15.1. The summed E-state index contributed by atoms with van der Waals surface area (Å²) in [5, 5.41) is 15.9. The molecule has 0 aliphatic rings. The van der Waals surface area contributed by atoms with Crippen LogP contribution in [-0.2, 0) is 10.0 Å². The zero-order chi connectivity index (χ0) is 26.4. The lowest BCUT2D eigenvalue weighted by molar-refractivity contribution is -0.387. The molecule has 0 N–H and O–H groups in total. The summed E-state index contributed by atoms with van der Waals surface area (Å²) >= 11 is 5.89. The van der Waals surface area contributed by atoms with Gasteiger partial charge < -0.3 is 4.74 Å². The first kappa shape index (κ1) is 26.8. The molecule has 10 nitrogen and oxygen atoms in total. The highest BCUT2D eigenvalue weighted by Gasteiger charge is 2.31. The fourth-order valence-electron chi connectivity index (χ4n) is 3.76. The maximum Gasteiger partial charge on any atom is 0.289 e. The van der Waals surface area contributed by atoms with Gasteiger partial charge in [0.1, 0.15) is 0 Å². The molecular weight excluding hydrogens is 537 g/mol. The van der Waals surface area contributed by atoms with Gasteiger partial charge in [0.05, 0.1) is 23.4 Å². The molecule has 0 aliphatic carbocycles. The average Bonchev–Trinajstić information content (AvgIpc) is 3.32. The molecule has 0 fully saturated rings. The largest absolute Gasteiger partial charge is 0.478 e. The minimum absolute atomic E-state index is 0.0437. The van der Waals surface area contributed by atoms with Gasteiger partial charge in [-0.1, -0.05) is 24.3 Å². The summed E-state index contributed by atoms with van der Waals surface area (Å²) in [5.41, 5.74) is 1.76. The molecule has 1 atom stereocenters. The van der Waals surface area contributed by atoms with Crippen LogP contribution in [0.3, 0.4) is 0 Å². The fraction of sp³-hybridized carbons (Fsp3) is 0.250. The van der Waals surface area contributed by atoms with Crippen molar-refractivity contribution in [3.8, 4) is 17.0 Å². The molecule has 13 heteroatoms. The summed E-state index contributed by atoms with van der Waals surface area (Å²) < 4.78 is 35.8. The predicted octanol–water partition coefficient (Wildman–Crippen LogP) is 4.77. The Morgan fingerprint density at radius 3 is 2.70 bits per heavy atom. The summed E-state index contributed by atoms with van der Waals surface area (Å²) in [5.74, 6) is 0.687. The molecule has 0 spiro atoms. The Balaban J connectivity index is 1.76. The number of halogens is 1. The topological polar surface area (TPSA) is 120 Å². The second kappa shape index (κ2) is 11.9. The highest BCUT2D eigenvalue weighted by atomic mass is 35.5. The van der Waals surface area contributed by atoms with Gasteiger partial charge in [-0.05, 0) is 42.8 Å². The smallest absolute Gasteiger partial charge is 0.289 e. The molecule has 0 aliphatic heterocycles. The first-order valence-corrected chi connectivity index (χ1v) is 14.3. The summed E-state index contributed by atoms with van der Waals surface area (Å²) in [6.45, 7) is 0.576. The van der Waals surface area contributed by atoms with Crippen molar-refractivity contribution in [3.05, 3.63) is 77.1 Å². The van der Waals surface area contributed by atoms with Crippen LogP contribution in [0.2, 0.25) is 0 Å². The molecule has 2 heterocycles. The van der Waals surface area contributed by atoms with Crippen LogP contribution in [0.5, 0.6) is 5.88 Å². The minimum Gasteiger partial charge on any atom is -0.478 e. The van der Waals surface area contributed by atoms with Crippen LogP contribution in [0.25, 0.3) is 16.8 Å². The number of aromatic nitrogens is 3. The van der Waals surface area contributed by atoms with Crippen LogP contribution in [-0.4, -0.2) is 53.1 Å². The zero-order valence-electron chi connectivity index (χ0n) is 19.7. The molecule has 0 saturated heterocycles. The lowest BCUT2D eigenvalue weighted by atomic mass is 10.1. The normalized spacial score (nSPS) is 11.5. The van der Waals surface area contributed by atoms with Gasteiger partial charge in [0.25, 0.3) is 15.7 Å². The van der Waals surface area contributed by atoms with Crippen molar-refractivity contribution in [2.24, 2.45) is 0 Å². The number of fused-ring (bicyclic) bond motifs is 1. The van der Waals surface area contributed by atoms with Crippen molar-refractivity contribution in [2.75, 3.05) is 29.5 Å². The first-order chi connectivity index (χ1) is 17.9. The molecule has 2 aromatic heterocycles. The number of benzene rings is 2. The van der Waals surface area contributed by atoms with Gasteiger partial charge in [0.15, 0.2) is 10.5 Å².